The number of para-hydroxylation sites is 2. The van der Waals surface area contributed by atoms with E-state index in [4.69, 9.17) is 9.72 Å². The molecule has 0 saturated carbocycles. The molecule has 1 aliphatic heterocycles. The second kappa shape index (κ2) is 9.26. The minimum atomic E-state index is -0.560. The number of fused-ring (bicyclic) bond motifs is 1. The number of pyridine rings is 1. The fourth-order valence-corrected chi connectivity index (χ4v) is 3.98. The molecule has 4 rings (SSSR count). The van der Waals surface area contributed by atoms with Crippen LogP contribution in [0.5, 0.6) is 5.75 Å². The van der Waals surface area contributed by atoms with E-state index in [1.165, 1.54) is 0 Å². The molecule has 0 unspecified atom stereocenters. The maximum atomic E-state index is 13.1. The number of unbranched alkanes of at least 4 members (excludes halogenated alkanes) is 1. The normalized spacial score (nSPS) is 18.7. The van der Waals surface area contributed by atoms with Gasteiger partial charge >= 0.3 is 0 Å². The Bertz CT molecular complexity index is 1020. The van der Waals surface area contributed by atoms with Gasteiger partial charge in [0.2, 0.25) is 0 Å². The van der Waals surface area contributed by atoms with Crippen molar-refractivity contribution >= 4 is 16.8 Å². The lowest BCUT2D eigenvalue weighted by Crippen LogP contribution is -2.30. The smallest absolute Gasteiger partial charge is 0.257 e. The summed E-state index contributed by atoms with van der Waals surface area (Å²) in [6.07, 6.45) is 2.07. The fraction of sp³-hybridized carbons (Fsp3) is 0.360. The molecule has 1 N–H and O–H groups in total. The topological polar surface area (TPSA) is 62.7 Å². The predicted octanol–water partition coefficient (Wildman–Crippen LogP) is 4.09. The van der Waals surface area contributed by atoms with E-state index in [2.05, 4.69) is 13.0 Å². The third kappa shape index (κ3) is 4.46. The van der Waals surface area contributed by atoms with Gasteiger partial charge in [0.25, 0.3) is 5.91 Å². The Morgan fingerprint density at radius 2 is 1.90 bits per heavy atom. The zero-order valence-electron chi connectivity index (χ0n) is 17.3. The molecule has 2 aromatic carbocycles. The van der Waals surface area contributed by atoms with Crippen molar-refractivity contribution < 1.29 is 14.6 Å². The summed E-state index contributed by atoms with van der Waals surface area (Å²) in [5.74, 6) is 0.496. The first-order valence-corrected chi connectivity index (χ1v) is 10.7. The van der Waals surface area contributed by atoms with E-state index in [1.54, 1.807) is 11.0 Å². The summed E-state index contributed by atoms with van der Waals surface area (Å²) >= 11 is 0. The SMILES string of the molecule is CCCCOc1ccccc1C(=O)N1C[C@@H](Cc2ccc3ccccc3n2)[C@H](O)C1. The van der Waals surface area contributed by atoms with Crippen molar-refractivity contribution in [1.82, 2.24) is 9.88 Å². The van der Waals surface area contributed by atoms with E-state index in [0.717, 1.165) is 29.4 Å². The Hall–Kier alpha value is -2.92. The Kier molecular flexibility index (Phi) is 6.29. The van der Waals surface area contributed by atoms with Gasteiger partial charge in [-0.15, -0.1) is 0 Å². The molecule has 5 heteroatoms. The molecule has 0 bridgehead atoms. The molecule has 156 valence electrons. The molecule has 2 atom stereocenters. The van der Waals surface area contributed by atoms with Crippen LogP contribution in [0.2, 0.25) is 0 Å². The number of hydrogen-bond acceptors (Lipinski definition) is 4. The molecular weight excluding hydrogens is 376 g/mol. The minimum absolute atomic E-state index is 0.0317. The highest BCUT2D eigenvalue weighted by atomic mass is 16.5. The van der Waals surface area contributed by atoms with Gasteiger partial charge in [0.05, 0.1) is 23.8 Å². The molecule has 5 nitrogen and oxygen atoms in total. The molecule has 1 amide bonds. The number of hydrogen-bond donors (Lipinski definition) is 1. The first-order chi connectivity index (χ1) is 14.7. The fourth-order valence-electron chi connectivity index (χ4n) is 3.98. The summed E-state index contributed by atoms with van der Waals surface area (Å²) in [6, 6.07) is 19.4. The summed E-state index contributed by atoms with van der Waals surface area (Å²) in [5.41, 5.74) is 2.45. The lowest BCUT2D eigenvalue weighted by molar-refractivity contribution is 0.0760. The van der Waals surface area contributed by atoms with Gasteiger partial charge in [-0.2, -0.15) is 0 Å². The molecular formula is C25H28N2O3. The second-order valence-electron chi connectivity index (χ2n) is 7.94. The number of β-amino-alcohol motifs (C(OH)–C–C–N with tert-alkyl or cyclic N) is 1. The maximum Gasteiger partial charge on any atom is 0.257 e. The minimum Gasteiger partial charge on any atom is -0.493 e. The second-order valence-corrected chi connectivity index (χ2v) is 7.94. The van der Waals surface area contributed by atoms with Crippen molar-refractivity contribution in [1.29, 1.82) is 0 Å². The average molecular weight is 405 g/mol. The summed E-state index contributed by atoms with van der Waals surface area (Å²) in [6.45, 7) is 3.55. The van der Waals surface area contributed by atoms with Crippen molar-refractivity contribution in [2.45, 2.75) is 32.3 Å². The van der Waals surface area contributed by atoms with Gasteiger partial charge in [0.15, 0.2) is 0 Å². The van der Waals surface area contributed by atoms with Crippen molar-refractivity contribution in [2.24, 2.45) is 5.92 Å². The van der Waals surface area contributed by atoms with Gasteiger partial charge in [-0.1, -0.05) is 49.7 Å². The van der Waals surface area contributed by atoms with Crippen molar-refractivity contribution in [2.75, 3.05) is 19.7 Å². The summed E-state index contributed by atoms with van der Waals surface area (Å²) in [5, 5.41) is 11.7. The van der Waals surface area contributed by atoms with Crippen LogP contribution in [0.1, 0.15) is 35.8 Å². The van der Waals surface area contributed by atoms with Gasteiger partial charge in [-0.25, -0.2) is 0 Å². The number of ether oxygens (including phenoxy) is 1. The number of amides is 1. The van der Waals surface area contributed by atoms with Crippen LogP contribution in [-0.4, -0.2) is 46.7 Å². The zero-order valence-corrected chi connectivity index (χ0v) is 17.3. The van der Waals surface area contributed by atoms with Gasteiger partial charge < -0.3 is 14.7 Å². The molecule has 1 aromatic heterocycles. The van der Waals surface area contributed by atoms with Crippen LogP contribution in [0.15, 0.2) is 60.7 Å². The van der Waals surface area contributed by atoms with E-state index in [1.807, 2.05) is 48.5 Å². The van der Waals surface area contributed by atoms with Gasteiger partial charge in [0.1, 0.15) is 5.75 Å². The largest absolute Gasteiger partial charge is 0.493 e. The molecule has 0 aliphatic carbocycles. The molecule has 1 aliphatic rings. The summed E-state index contributed by atoms with van der Waals surface area (Å²) in [4.78, 5) is 19.6. The number of benzene rings is 2. The number of likely N-dealkylation sites (tertiary alicyclic amines) is 1. The van der Waals surface area contributed by atoms with Crippen molar-refractivity contribution in [3.8, 4) is 5.75 Å². The van der Waals surface area contributed by atoms with E-state index in [-0.39, 0.29) is 11.8 Å². The van der Waals surface area contributed by atoms with E-state index in [9.17, 15) is 9.90 Å². The first-order valence-electron chi connectivity index (χ1n) is 10.7. The Morgan fingerprint density at radius 3 is 2.77 bits per heavy atom. The Balaban J connectivity index is 1.45. The van der Waals surface area contributed by atoms with Crippen LogP contribution in [0.3, 0.4) is 0 Å². The molecule has 3 aromatic rings. The van der Waals surface area contributed by atoms with E-state index in [0.29, 0.717) is 37.4 Å². The zero-order chi connectivity index (χ0) is 20.9. The van der Waals surface area contributed by atoms with Crippen molar-refractivity contribution in [3.63, 3.8) is 0 Å². The quantitative estimate of drug-likeness (QED) is 0.603. The molecule has 1 saturated heterocycles. The summed E-state index contributed by atoms with van der Waals surface area (Å²) < 4.78 is 5.83. The Morgan fingerprint density at radius 1 is 1.10 bits per heavy atom. The summed E-state index contributed by atoms with van der Waals surface area (Å²) in [7, 11) is 0. The highest BCUT2D eigenvalue weighted by Gasteiger charge is 2.35. The molecule has 30 heavy (non-hydrogen) atoms. The van der Waals surface area contributed by atoms with Crippen LogP contribution in [0, 0.1) is 5.92 Å². The first kappa shape index (κ1) is 20.4. The predicted molar refractivity (Wildman–Crippen MR) is 118 cm³/mol. The molecule has 2 heterocycles. The Labute approximate surface area is 177 Å². The van der Waals surface area contributed by atoms with Gasteiger partial charge in [0, 0.05) is 30.1 Å². The van der Waals surface area contributed by atoms with Crippen LogP contribution in [-0.2, 0) is 6.42 Å². The van der Waals surface area contributed by atoms with Gasteiger partial charge in [-0.3, -0.25) is 9.78 Å². The third-order valence-corrected chi connectivity index (χ3v) is 5.69. The number of rotatable bonds is 7. The number of carbonyl (C=O) groups excluding carboxylic acids is 1. The van der Waals surface area contributed by atoms with E-state index < -0.39 is 6.10 Å². The van der Waals surface area contributed by atoms with Crippen molar-refractivity contribution in [3.05, 3.63) is 71.9 Å². The molecule has 0 radical (unpaired) electrons. The number of nitrogens with zero attached hydrogens (tertiary/aromatic N) is 2. The number of aliphatic hydroxyl groups is 1. The average Bonchev–Trinajstić information content (AvgIpc) is 3.14. The highest BCUT2D eigenvalue weighted by molar-refractivity contribution is 5.97. The monoisotopic (exact) mass is 404 g/mol. The highest BCUT2D eigenvalue weighted by Crippen LogP contribution is 2.26. The van der Waals surface area contributed by atoms with Crippen LogP contribution < -0.4 is 4.74 Å². The lowest BCUT2D eigenvalue weighted by Gasteiger charge is -2.18. The number of aliphatic hydroxyl groups excluding tert-OH is 1. The van der Waals surface area contributed by atoms with Gasteiger partial charge in [-0.05, 0) is 37.1 Å². The van der Waals surface area contributed by atoms with Crippen LogP contribution >= 0.6 is 0 Å². The standard InChI is InChI=1S/C25H28N2O3/c1-2-3-14-30-24-11-7-5-9-21(24)25(29)27-16-19(23(28)17-27)15-20-13-12-18-8-4-6-10-22(18)26-20/h4-13,19,23,28H,2-3,14-17H2,1H3/t19-,23-/m1/s1. The molecule has 0 spiro atoms. The lowest BCUT2D eigenvalue weighted by atomic mass is 9.99. The maximum absolute atomic E-state index is 13.1. The molecule has 1 fully saturated rings. The van der Waals surface area contributed by atoms with Crippen LogP contribution in [0.25, 0.3) is 10.9 Å². The van der Waals surface area contributed by atoms with E-state index >= 15 is 0 Å². The van der Waals surface area contributed by atoms with Crippen LogP contribution in [0.4, 0.5) is 0 Å². The number of aromatic nitrogens is 1. The third-order valence-electron chi connectivity index (χ3n) is 5.69. The number of carbonyl (C=O) groups is 1.